The second kappa shape index (κ2) is 10.2. The van der Waals surface area contributed by atoms with Gasteiger partial charge in [0.2, 0.25) is 5.91 Å². The van der Waals surface area contributed by atoms with Crippen molar-refractivity contribution in [2.45, 2.75) is 69.4 Å². The summed E-state index contributed by atoms with van der Waals surface area (Å²) in [5.41, 5.74) is 0.890. The molecule has 6 nitrogen and oxygen atoms in total. The van der Waals surface area contributed by atoms with Crippen molar-refractivity contribution >= 4 is 17.7 Å². The van der Waals surface area contributed by atoms with Crippen molar-refractivity contribution in [3.8, 4) is 0 Å². The van der Waals surface area contributed by atoms with Crippen molar-refractivity contribution < 1.29 is 4.79 Å². The minimum atomic E-state index is -0.339. The zero-order valence-electron chi connectivity index (χ0n) is 15.7. The number of nitrogens with zero attached hydrogens (tertiary/aromatic N) is 2. The zero-order valence-corrected chi connectivity index (χ0v) is 16.5. The Morgan fingerprint density at radius 3 is 2.65 bits per heavy atom. The number of benzene rings is 1. The second-order valence-electron chi connectivity index (χ2n) is 6.34. The fraction of sp³-hybridized carbons (Fsp3) is 0.526. The van der Waals surface area contributed by atoms with Gasteiger partial charge in [0.25, 0.3) is 0 Å². The summed E-state index contributed by atoms with van der Waals surface area (Å²) in [5.74, 6) is -0.0465. The van der Waals surface area contributed by atoms with Crippen molar-refractivity contribution in [2.24, 2.45) is 0 Å². The number of H-pyrrole nitrogens is 1. The molecule has 0 fully saturated rings. The van der Waals surface area contributed by atoms with Gasteiger partial charge in [-0.2, -0.15) is 0 Å². The number of thioether (sulfide) groups is 1. The Kier molecular flexibility index (Phi) is 7.97. The SMILES string of the molecule is CCCCn1c(SC(C)C(=O)NC(CCC)c2ccccc2)n[nH]c1=O. The summed E-state index contributed by atoms with van der Waals surface area (Å²) in [6, 6.07) is 10.0. The van der Waals surface area contributed by atoms with Crippen LogP contribution >= 0.6 is 11.8 Å². The molecule has 0 spiro atoms. The first-order valence-corrected chi connectivity index (χ1v) is 10.1. The summed E-state index contributed by atoms with van der Waals surface area (Å²) in [6.45, 7) is 6.64. The zero-order chi connectivity index (χ0) is 18.9. The van der Waals surface area contributed by atoms with Crippen LogP contribution in [-0.2, 0) is 11.3 Å². The van der Waals surface area contributed by atoms with Crippen LogP contribution < -0.4 is 11.0 Å². The van der Waals surface area contributed by atoms with E-state index in [4.69, 9.17) is 0 Å². The van der Waals surface area contributed by atoms with Gasteiger partial charge in [0.1, 0.15) is 0 Å². The van der Waals surface area contributed by atoms with Gasteiger partial charge in [0, 0.05) is 6.54 Å². The molecule has 142 valence electrons. The van der Waals surface area contributed by atoms with Gasteiger partial charge in [0.15, 0.2) is 5.16 Å². The van der Waals surface area contributed by atoms with Crippen molar-refractivity contribution in [3.63, 3.8) is 0 Å². The lowest BCUT2D eigenvalue weighted by Crippen LogP contribution is -2.34. The lowest BCUT2D eigenvalue weighted by atomic mass is 10.0. The molecule has 0 radical (unpaired) electrons. The van der Waals surface area contributed by atoms with Gasteiger partial charge in [-0.25, -0.2) is 9.89 Å². The van der Waals surface area contributed by atoms with E-state index in [0.717, 1.165) is 31.2 Å². The van der Waals surface area contributed by atoms with E-state index in [1.165, 1.54) is 11.8 Å². The highest BCUT2D eigenvalue weighted by Crippen LogP contribution is 2.23. The van der Waals surface area contributed by atoms with Crippen LogP contribution in [0.5, 0.6) is 0 Å². The molecule has 0 aliphatic rings. The molecule has 0 bridgehead atoms. The van der Waals surface area contributed by atoms with Gasteiger partial charge in [-0.05, 0) is 25.3 Å². The third-order valence-corrected chi connectivity index (χ3v) is 5.30. The number of rotatable bonds is 10. The number of aromatic nitrogens is 3. The van der Waals surface area contributed by atoms with Crippen molar-refractivity contribution in [3.05, 3.63) is 46.4 Å². The fourth-order valence-electron chi connectivity index (χ4n) is 2.70. The molecule has 7 heteroatoms. The van der Waals surface area contributed by atoms with Crippen LogP contribution in [0.1, 0.15) is 58.1 Å². The van der Waals surface area contributed by atoms with E-state index < -0.39 is 0 Å². The first kappa shape index (κ1) is 20.3. The van der Waals surface area contributed by atoms with E-state index in [0.29, 0.717) is 11.7 Å². The summed E-state index contributed by atoms with van der Waals surface area (Å²) in [6.07, 6.45) is 3.77. The van der Waals surface area contributed by atoms with Crippen LogP contribution in [0.3, 0.4) is 0 Å². The molecule has 0 aliphatic carbocycles. The predicted molar refractivity (Wildman–Crippen MR) is 105 cm³/mol. The molecule has 0 saturated heterocycles. The second-order valence-corrected chi connectivity index (χ2v) is 7.65. The number of unbranched alkanes of at least 4 members (excludes halogenated alkanes) is 1. The molecule has 2 unspecified atom stereocenters. The van der Waals surface area contributed by atoms with Crippen molar-refractivity contribution in [2.75, 3.05) is 0 Å². The molecule has 1 amide bonds. The molecule has 2 rings (SSSR count). The highest BCUT2D eigenvalue weighted by atomic mass is 32.2. The summed E-state index contributed by atoms with van der Waals surface area (Å²) < 4.78 is 1.61. The number of aromatic amines is 1. The van der Waals surface area contributed by atoms with E-state index in [2.05, 4.69) is 29.4 Å². The van der Waals surface area contributed by atoms with E-state index in [-0.39, 0.29) is 22.9 Å². The van der Waals surface area contributed by atoms with Gasteiger partial charge in [-0.15, -0.1) is 5.10 Å². The minimum absolute atomic E-state index is 0.00165. The molecule has 2 aromatic rings. The van der Waals surface area contributed by atoms with E-state index in [9.17, 15) is 9.59 Å². The Balaban J connectivity index is 2.03. The van der Waals surface area contributed by atoms with Gasteiger partial charge in [-0.3, -0.25) is 9.36 Å². The third kappa shape index (κ3) is 5.49. The van der Waals surface area contributed by atoms with E-state index in [1.54, 1.807) is 4.57 Å². The molecule has 2 atom stereocenters. The highest BCUT2D eigenvalue weighted by Gasteiger charge is 2.22. The molecule has 0 aliphatic heterocycles. The topological polar surface area (TPSA) is 79.8 Å². The average Bonchev–Trinajstić information content (AvgIpc) is 2.99. The van der Waals surface area contributed by atoms with Crippen LogP contribution in [0, 0.1) is 0 Å². The van der Waals surface area contributed by atoms with Crippen molar-refractivity contribution in [1.29, 1.82) is 0 Å². The van der Waals surface area contributed by atoms with Crippen LogP contribution in [0.4, 0.5) is 0 Å². The number of carbonyl (C=O) groups is 1. The van der Waals surface area contributed by atoms with Crippen LogP contribution in [-0.4, -0.2) is 25.9 Å². The summed E-state index contributed by atoms with van der Waals surface area (Å²) in [7, 11) is 0. The maximum absolute atomic E-state index is 12.7. The van der Waals surface area contributed by atoms with E-state index in [1.807, 2.05) is 37.3 Å². The third-order valence-electron chi connectivity index (χ3n) is 4.21. The maximum atomic E-state index is 12.7. The fourth-order valence-corrected chi connectivity index (χ4v) is 3.59. The van der Waals surface area contributed by atoms with Crippen LogP contribution in [0.15, 0.2) is 40.3 Å². The standard InChI is InChI=1S/C19H28N4O2S/c1-4-6-13-23-18(25)21-22-19(23)26-14(3)17(24)20-16(10-5-2)15-11-8-7-9-12-15/h7-9,11-12,14,16H,4-6,10,13H2,1-3H3,(H,20,24)(H,21,25). The van der Waals surface area contributed by atoms with Crippen LogP contribution in [0.2, 0.25) is 0 Å². The maximum Gasteiger partial charge on any atom is 0.343 e. The molecular formula is C19H28N4O2S. The molecule has 1 heterocycles. The monoisotopic (exact) mass is 376 g/mol. The van der Waals surface area contributed by atoms with Gasteiger partial charge >= 0.3 is 5.69 Å². The minimum Gasteiger partial charge on any atom is -0.348 e. The molecule has 2 N–H and O–H groups in total. The molecule has 0 saturated carbocycles. The number of nitrogens with one attached hydrogen (secondary N) is 2. The Hall–Kier alpha value is -2.02. The molecule has 1 aromatic heterocycles. The largest absolute Gasteiger partial charge is 0.348 e. The lowest BCUT2D eigenvalue weighted by molar-refractivity contribution is -0.121. The Morgan fingerprint density at radius 2 is 2.00 bits per heavy atom. The number of hydrogen-bond acceptors (Lipinski definition) is 4. The quantitative estimate of drug-likeness (QED) is 0.622. The Labute approximate surface area is 158 Å². The summed E-state index contributed by atoms with van der Waals surface area (Å²) in [4.78, 5) is 24.6. The van der Waals surface area contributed by atoms with Crippen LogP contribution in [0.25, 0.3) is 0 Å². The first-order chi connectivity index (χ1) is 12.6. The number of carbonyl (C=O) groups excluding carboxylic acids is 1. The van der Waals surface area contributed by atoms with Crippen molar-refractivity contribution in [1.82, 2.24) is 20.1 Å². The summed E-state index contributed by atoms with van der Waals surface area (Å²) >= 11 is 1.31. The smallest absolute Gasteiger partial charge is 0.343 e. The highest BCUT2D eigenvalue weighted by molar-refractivity contribution is 8.00. The normalized spacial score (nSPS) is 13.3. The van der Waals surface area contributed by atoms with Gasteiger partial charge in [0.05, 0.1) is 11.3 Å². The van der Waals surface area contributed by atoms with Gasteiger partial charge < -0.3 is 5.32 Å². The molecule has 26 heavy (non-hydrogen) atoms. The average molecular weight is 377 g/mol. The van der Waals surface area contributed by atoms with Gasteiger partial charge in [-0.1, -0.05) is 68.8 Å². The van der Waals surface area contributed by atoms with E-state index >= 15 is 0 Å². The predicted octanol–water partition coefficient (Wildman–Crippen LogP) is 3.51. The Bertz CT molecular complexity index is 741. The molecule has 1 aromatic carbocycles. The number of hydrogen-bond donors (Lipinski definition) is 2. The first-order valence-electron chi connectivity index (χ1n) is 9.24. The lowest BCUT2D eigenvalue weighted by Gasteiger charge is -2.21. The Morgan fingerprint density at radius 1 is 1.27 bits per heavy atom. The molecular weight excluding hydrogens is 348 g/mol. The summed E-state index contributed by atoms with van der Waals surface area (Å²) in [5, 5.41) is 9.92. The number of amides is 1.